The van der Waals surface area contributed by atoms with Gasteiger partial charge in [0.05, 0.1) is 5.69 Å². The first-order valence-electron chi connectivity index (χ1n) is 9.59. The standard InChI is InChI=1S/C21H22FN5O2/c1-13-3-2-4-15(19(13)22)21-18(16-5-8-23-12-24-16)20(25-26-21)14-6-9-27(10-7-14)17(29)11-28/h2-5,8,12,14,28H,6-7,9-11H2,1H3,(H,25,26). The fourth-order valence-corrected chi connectivity index (χ4v) is 3.89. The minimum Gasteiger partial charge on any atom is -0.387 e. The van der Waals surface area contributed by atoms with Crippen molar-refractivity contribution in [3.63, 3.8) is 0 Å². The van der Waals surface area contributed by atoms with Crippen LogP contribution in [0.1, 0.15) is 30.0 Å². The van der Waals surface area contributed by atoms with Gasteiger partial charge in [0.25, 0.3) is 0 Å². The van der Waals surface area contributed by atoms with Crippen molar-refractivity contribution in [2.24, 2.45) is 0 Å². The highest BCUT2D eigenvalue weighted by molar-refractivity contribution is 5.82. The Morgan fingerprint density at radius 3 is 2.79 bits per heavy atom. The number of rotatable bonds is 4. The van der Waals surface area contributed by atoms with Crippen molar-refractivity contribution in [3.8, 4) is 22.5 Å². The summed E-state index contributed by atoms with van der Waals surface area (Å²) in [6.45, 7) is 2.36. The Kier molecular flexibility index (Phi) is 5.35. The van der Waals surface area contributed by atoms with Crippen molar-refractivity contribution >= 4 is 5.91 Å². The monoisotopic (exact) mass is 395 g/mol. The molecule has 1 aromatic carbocycles. The van der Waals surface area contributed by atoms with E-state index in [1.54, 1.807) is 36.2 Å². The van der Waals surface area contributed by atoms with Crippen molar-refractivity contribution in [2.75, 3.05) is 19.7 Å². The third kappa shape index (κ3) is 3.63. The lowest BCUT2D eigenvalue weighted by Gasteiger charge is -2.31. The molecule has 0 saturated carbocycles. The lowest BCUT2D eigenvalue weighted by Crippen LogP contribution is -2.39. The SMILES string of the molecule is Cc1cccc(-c2n[nH]c(C3CCN(C(=O)CO)CC3)c2-c2ccncn2)c1F. The highest BCUT2D eigenvalue weighted by Gasteiger charge is 2.29. The Hall–Kier alpha value is -3.13. The van der Waals surface area contributed by atoms with E-state index in [1.807, 2.05) is 6.07 Å². The summed E-state index contributed by atoms with van der Waals surface area (Å²) in [5.74, 6) is -0.437. The number of aromatic amines is 1. The van der Waals surface area contributed by atoms with Gasteiger partial charge >= 0.3 is 0 Å². The molecule has 3 heterocycles. The molecule has 2 N–H and O–H groups in total. The van der Waals surface area contributed by atoms with Crippen molar-refractivity contribution < 1.29 is 14.3 Å². The van der Waals surface area contributed by atoms with E-state index in [9.17, 15) is 9.18 Å². The van der Waals surface area contributed by atoms with E-state index in [0.29, 0.717) is 35.6 Å². The molecular weight excluding hydrogens is 373 g/mol. The first-order chi connectivity index (χ1) is 14.1. The Morgan fingerprint density at radius 1 is 1.31 bits per heavy atom. The molecule has 0 atom stereocenters. The van der Waals surface area contributed by atoms with E-state index in [-0.39, 0.29) is 17.6 Å². The van der Waals surface area contributed by atoms with E-state index in [4.69, 9.17) is 5.11 Å². The van der Waals surface area contributed by atoms with E-state index in [0.717, 1.165) is 24.1 Å². The van der Waals surface area contributed by atoms with Crippen LogP contribution in [0.2, 0.25) is 0 Å². The molecule has 1 amide bonds. The molecule has 0 spiro atoms. The van der Waals surface area contributed by atoms with Gasteiger partial charge in [-0.2, -0.15) is 5.10 Å². The van der Waals surface area contributed by atoms with E-state index >= 15 is 0 Å². The fourth-order valence-electron chi connectivity index (χ4n) is 3.89. The molecule has 8 heteroatoms. The number of aromatic nitrogens is 4. The van der Waals surface area contributed by atoms with Gasteiger partial charge in [0, 0.05) is 42.0 Å². The van der Waals surface area contributed by atoms with Gasteiger partial charge in [0.1, 0.15) is 24.4 Å². The van der Waals surface area contributed by atoms with Gasteiger partial charge in [-0.1, -0.05) is 12.1 Å². The van der Waals surface area contributed by atoms with Crippen LogP contribution in [-0.4, -0.2) is 55.8 Å². The molecule has 3 aromatic rings. The molecule has 0 bridgehead atoms. The molecule has 0 radical (unpaired) electrons. The molecule has 1 aliphatic heterocycles. The van der Waals surface area contributed by atoms with Crippen LogP contribution in [-0.2, 0) is 4.79 Å². The first-order valence-corrected chi connectivity index (χ1v) is 9.59. The summed E-state index contributed by atoms with van der Waals surface area (Å²) in [5.41, 5.74) is 3.83. The minimum absolute atomic E-state index is 0.122. The van der Waals surface area contributed by atoms with Gasteiger partial charge in [-0.05, 0) is 37.5 Å². The molecule has 7 nitrogen and oxygen atoms in total. The number of likely N-dealkylation sites (tertiary alicyclic amines) is 1. The smallest absolute Gasteiger partial charge is 0.248 e. The second-order valence-corrected chi connectivity index (χ2v) is 7.21. The average molecular weight is 395 g/mol. The number of H-pyrrole nitrogens is 1. The molecule has 4 rings (SSSR count). The maximum Gasteiger partial charge on any atom is 0.248 e. The van der Waals surface area contributed by atoms with Gasteiger partial charge < -0.3 is 10.0 Å². The number of amides is 1. The number of benzene rings is 1. The van der Waals surface area contributed by atoms with Gasteiger partial charge in [-0.25, -0.2) is 14.4 Å². The fraction of sp³-hybridized carbons (Fsp3) is 0.333. The van der Waals surface area contributed by atoms with Gasteiger partial charge in [-0.3, -0.25) is 9.89 Å². The predicted molar refractivity (Wildman–Crippen MR) is 105 cm³/mol. The molecule has 1 fully saturated rings. The Morgan fingerprint density at radius 2 is 2.10 bits per heavy atom. The Labute approximate surface area is 167 Å². The van der Waals surface area contributed by atoms with Crippen LogP contribution in [0.4, 0.5) is 4.39 Å². The number of carbonyl (C=O) groups excluding carboxylic acids is 1. The molecule has 0 aliphatic carbocycles. The summed E-state index contributed by atoms with van der Waals surface area (Å²) < 4.78 is 14.9. The quantitative estimate of drug-likeness (QED) is 0.708. The number of piperidine rings is 1. The number of aliphatic hydroxyl groups excluding tert-OH is 1. The number of nitrogens with zero attached hydrogens (tertiary/aromatic N) is 4. The third-order valence-corrected chi connectivity index (χ3v) is 5.47. The number of hydrogen-bond acceptors (Lipinski definition) is 5. The van der Waals surface area contributed by atoms with Crippen LogP contribution in [0.5, 0.6) is 0 Å². The van der Waals surface area contributed by atoms with Crippen LogP contribution >= 0.6 is 0 Å². The van der Waals surface area contributed by atoms with Crippen LogP contribution in [0.15, 0.2) is 36.8 Å². The number of halogens is 1. The van der Waals surface area contributed by atoms with Crippen LogP contribution in [0, 0.1) is 12.7 Å². The molecule has 1 saturated heterocycles. The zero-order valence-electron chi connectivity index (χ0n) is 16.1. The highest BCUT2D eigenvalue weighted by atomic mass is 19.1. The largest absolute Gasteiger partial charge is 0.387 e. The summed E-state index contributed by atoms with van der Waals surface area (Å²) in [6.07, 6.45) is 4.56. The van der Waals surface area contributed by atoms with Crippen molar-refractivity contribution in [1.82, 2.24) is 25.1 Å². The lowest BCUT2D eigenvalue weighted by molar-refractivity contribution is -0.135. The normalized spacial score (nSPS) is 14.9. The Bertz CT molecular complexity index is 1010. The van der Waals surface area contributed by atoms with Crippen molar-refractivity contribution in [3.05, 3.63) is 53.9 Å². The summed E-state index contributed by atoms with van der Waals surface area (Å²) in [4.78, 5) is 21.8. The number of carbonyl (C=O) groups is 1. The first kappa shape index (κ1) is 19.2. The molecule has 29 heavy (non-hydrogen) atoms. The summed E-state index contributed by atoms with van der Waals surface area (Å²) >= 11 is 0. The molecule has 2 aromatic heterocycles. The predicted octanol–water partition coefficient (Wildman–Crippen LogP) is 2.68. The zero-order valence-corrected chi connectivity index (χ0v) is 16.1. The maximum atomic E-state index is 14.9. The topological polar surface area (TPSA) is 95.0 Å². The number of hydrogen-bond donors (Lipinski definition) is 2. The van der Waals surface area contributed by atoms with Crippen LogP contribution in [0.25, 0.3) is 22.5 Å². The average Bonchev–Trinajstić information content (AvgIpc) is 3.20. The van der Waals surface area contributed by atoms with Crippen LogP contribution in [0.3, 0.4) is 0 Å². The van der Waals surface area contributed by atoms with E-state index in [1.165, 1.54) is 6.33 Å². The maximum absolute atomic E-state index is 14.9. The highest BCUT2D eigenvalue weighted by Crippen LogP contribution is 2.39. The molecule has 150 valence electrons. The van der Waals surface area contributed by atoms with E-state index in [2.05, 4.69) is 20.2 Å². The number of nitrogens with one attached hydrogen (secondary N) is 1. The number of aryl methyl sites for hydroxylation is 1. The molecule has 0 unspecified atom stereocenters. The summed E-state index contributed by atoms with van der Waals surface area (Å²) in [6, 6.07) is 7.04. The lowest BCUT2D eigenvalue weighted by atomic mass is 9.88. The second-order valence-electron chi connectivity index (χ2n) is 7.21. The number of aliphatic hydroxyl groups is 1. The third-order valence-electron chi connectivity index (χ3n) is 5.47. The summed E-state index contributed by atoms with van der Waals surface area (Å²) in [5, 5.41) is 16.7. The second kappa shape index (κ2) is 8.08. The van der Waals surface area contributed by atoms with Crippen molar-refractivity contribution in [2.45, 2.75) is 25.7 Å². The Balaban J connectivity index is 1.75. The van der Waals surface area contributed by atoms with Gasteiger partial charge in [-0.15, -0.1) is 0 Å². The van der Waals surface area contributed by atoms with Crippen LogP contribution < -0.4 is 0 Å². The minimum atomic E-state index is -0.475. The molecular formula is C21H22FN5O2. The zero-order chi connectivity index (χ0) is 20.4. The van der Waals surface area contributed by atoms with E-state index < -0.39 is 6.61 Å². The molecule has 1 aliphatic rings. The van der Waals surface area contributed by atoms with Crippen molar-refractivity contribution in [1.29, 1.82) is 0 Å². The summed E-state index contributed by atoms with van der Waals surface area (Å²) in [7, 11) is 0. The van der Waals surface area contributed by atoms with Gasteiger partial charge in [0.2, 0.25) is 5.91 Å². The van der Waals surface area contributed by atoms with Gasteiger partial charge in [0.15, 0.2) is 0 Å².